The van der Waals surface area contributed by atoms with Gasteiger partial charge in [-0.15, -0.1) is 0 Å². The number of ether oxygens (including phenoxy) is 2. The summed E-state index contributed by atoms with van der Waals surface area (Å²) >= 11 is 11.7. The van der Waals surface area contributed by atoms with Crippen molar-refractivity contribution in [3.8, 4) is 5.75 Å². The molecule has 1 aliphatic rings. The van der Waals surface area contributed by atoms with Gasteiger partial charge in [0.05, 0.1) is 11.1 Å². The molecule has 6 heteroatoms. The highest BCUT2D eigenvalue weighted by Gasteiger charge is 2.16. The van der Waals surface area contributed by atoms with E-state index in [4.69, 9.17) is 32.7 Å². The Labute approximate surface area is 122 Å². The SMILES string of the molecule is O=C(COc1ccc(Cl)cc1Cl)NC[C@H]1CCCO1. The monoisotopic (exact) mass is 303 g/mol. The largest absolute Gasteiger partial charge is 0.482 e. The standard InChI is InChI=1S/C13H15Cl2NO3/c14-9-3-4-12(11(15)6-9)19-8-13(17)16-7-10-2-1-5-18-10/h3-4,6,10H,1-2,5,7-8H2,(H,16,17)/t10-/m1/s1. The summed E-state index contributed by atoms with van der Waals surface area (Å²) in [5.41, 5.74) is 0. The molecule has 0 radical (unpaired) electrons. The molecule has 0 saturated carbocycles. The van der Waals surface area contributed by atoms with Crippen LogP contribution in [0.2, 0.25) is 10.0 Å². The van der Waals surface area contributed by atoms with Crippen LogP contribution in [0.3, 0.4) is 0 Å². The summed E-state index contributed by atoms with van der Waals surface area (Å²) < 4.78 is 10.7. The van der Waals surface area contributed by atoms with Gasteiger partial charge in [-0.25, -0.2) is 0 Å². The summed E-state index contributed by atoms with van der Waals surface area (Å²) in [6, 6.07) is 4.87. The second kappa shape index (κ2) is 6.98. The first-order valence-electron chi connectivity index (χ1n) is 6.11. The lowest BCUT2D eigenvalue weighted by Crippen LogP contribution is -2.35. The fraction of sp³-hybridized carbons (Fsp3) is 0.462. The van der Waals surface area contributed by atoms with Gasteiger partial charge in [-0.05, 0) is 31.0 Å². The van der Waals surface area contributed by atoms with Crippen molar-refractivity contribution in [2.24, 2.45) is 0 Å². The summed E-state index contributed by atoms with van der Waals surface area (Å²) in [6.07, 6.45) is 2.17. The van der Waals surface area contributed by atoms with E-state index in [-0.39, 0.29) is 18.6 Å². The third-order valence-electron chi connectivity index (χ3n) is 2.80. The van der Waals surface area contributed by atoms with E-state index in [0.717, 1.165) is 19.4 Å². The van der Waals surface area contributed by atoms with Gasteiger partial charge in [-0.2, -0.15) is 0 Å². The van der Waals surface area contributed by atoms with Crippen molar-refractivity contribution in [3.63, 3.8) is 0 Å². The fourth-order valence-corrected chi connectivity index (χ4v) is 2.28. The van der Waals surface area contributed by atoms with Crippen LogP contribution in [0.5, 0.6) is 5.75 Å². The average molecular weight is 304 g/mol. The van der Waals surface area contributed by atoms with E-state index in [1.165, 1.54) is 0 Å². The number of hydrogen-bond donors (Lipinski definition) is 1. The van der Waals surface area contributed by atoms with Gasteiger partial charge in [0.1, 0.15) is 5.75 Å². The summed E-state index contributed by atoms with van der Waals surface area (Å²) in [7, 11) is 0. The van der Waals surface area contributed by atoms with Crippen molar-refractivity contribution in [2.75, 3.05) is 19.8 Å². The average Bonchev–Trinajstić information content (AvgIpc) is 2.88. The molecule has 4 nitrogen and oxygen atoms in total. The van der Waals surface area contributed by atoms with E-state index < -0.39 is 0 Å². The minimum atomic E-state index is -0.193. The van der Waals surface area contributed by atoms with Crippen molar-refractivity contribution in [1.29, 1.82) is 0 Å². The highest BCUT2D eigenvalue weighted by molar-refractivity contribution is 6.35. The van der Waals surface area contributed by atoms with Crippen LogP contribution in [0.15, 0.2) is 18.2 Å². The van der Waals surface area contributed by atoms with Gasteiger partial charge in [-0.3, -0.25) is 4.79 Å². The number of benzene rings is 1. The maximum Gasteiger partial charge on any atom is 0.258 e. The molecule has 1 aromatic rings. The minimum absolute atomic E-state index is 0.0753. The van der Waals surface area contributed by atoms with Gasteiger partial charge >= 0.3 is 0 Å². The first-order valence-corrected chi connectivity index (χ1v) is 6.87. The molecule has 0 aromatic heterocycles. The van der Waals surface area contributed by atoms with E-state index in [2.05, 4.69) is 5.32 Å². The lowest BCUT2D eigenvalue weighted by atomic mass is 10.2. The van der Waals surface area contributed by atoms with Crippen molar-refractivity contribution in [1.82, 2.24) is 5.32 Å². The Kier molecular flexibility index (Phi) is 5.31. The predicted molar refractivity (Wildman–Crippen MR) is 73.9 cm³/mol. The molecule has 104 valence electrons. The Morgan fingerprint density at radius 2 is 2.32 bits per heavy atom. The lowest BCUT2D eigenvalue weighted by molar-refractivity contribution is -0.123. The number of carbonyl (C=O) groups is 1. The number of hydrogen-bond acceptors (Lipinski definition) is 3. The first kappa shape index (κ1) is 14.4. The highest BCUT2D eigenvalue weighted by Crippen LogP contribution is 2.27. The molecule has 1 saturated heterocycles. The third kappa shape index (κ3) is 4.56. The maximum absolute atomic E-state index is 11.6. The Morgan fingerprint density at radius 1 is 1.47 bits per heavy atom. The third-order valence-corrected chi connectivity index (χ3v) is 3.33. The van der Waals surface area contributed by atoms with Gasteiger partial charge in [0.15, 0.2) is 6.61 Å². The summed E-state index contributed by atoms with van der Waals surface area (Å²) in [4.78, 5) is 11.6. The van der Waals surface area contributed by atoms with Crippen LogP contribution in [0.25, 0.3) is 0 Å². The van der Waals surface area contributed by atoms with Crippen LogP contribution >= 0.6 is 23.2 Å². The summed E-state index contributed by atoms with van der Waals surface area (Å²) in [6.45, 7) is 1.22. The van der Waals surface area contributed by atoms with Gasteiger partial charge in [-0.1, -0.05) is 23.2 Å². The number of carbonyl (C=O) groups excluding carboxylic acids is 1. The molecule has 1 aliphatic heterocycles. The van der Waals surface area contributed by atoms with Crippen LogP contribution in [-0.4, -0.2) is 31.8 Å². The van der Waals surface area contributed by atoms with E-state index in [0.29, 0.717) is 22.3 Å². The molecular weight excluding hydrogens is 289 g/mol. The topological polar surface area (TPSA) is 47.6 Å². The molecular formula is C13H15Cl2NO3. The molecule has 1 fully saturated rings. The molecule has 1 aromatic carbocycles. The normalized spacial score (nSPS) is 18.3. The van der Waals surface area contributed by atoms with E-state index in [1.807, 2.05) is 0 Å². The smallest absolute Gasteiger partial charge is 0.258 e. The van der Waals surface area contributed by atoms with E-state index >= 15 is 0 Å². The zero-order valence-electron chi connectivity index (χ0n) is 10.3. The van der Waals surface area contributed by atoms with Crippen LogP contribution in [0.4, 0.5) is 0 Å². The van der Waals surface area contributed by atoms with Gasteiger partial charge < -0.3 is 14.8 Å². The predicted octanol–water partition coefficient (Wildman–Crippen LogP) is 2.67. The molecule has 0 bridgehead atoms. The van der Waals surface area contributed by atoms with Crippen molar-refractivity contribution >= 4 is 29.1 Å². The second-order valence-corrected chi connectivity index (χ2v) is 5.15. The lowest BCUT2D eigenvalue weighted by Gasteiger charge is -2.12. The molecule has 0 unspecified atom stereocenters. The molecule has 1 heterocycles. The molecule has 0 aliphatic carbocycles. The first-order chi connectivity index (χ1) is 9.15. The summed E-state index contributed by atoms with van der Waals surface area (Å²) in [5.74, 6) is 0.250. The molecule has 2 rings (SSSR count). The molecule has 1 N–H and O–H groups in total. The van der Waals surface area contributed by atoms with Gasteiger partial charge in [0.2, 0.25) is 0 Å². The Bertz CT molecular complexity index is 448. The van der Waals surface area contributed by atoms with E-state index in [1.54, 1.807) is 18.2 Å². The molecule has 19 heavy (non-hydrogen) atoms. The zero-order valence-corrected chi connectivity index (χ0v) is 11.8. The van der Waals surface area contributed by atoms with Crippen molar-refractivity contribution in [2.45, 2.75) is 18.9 Å². The second-order valence-electron chi connectivity index (χ2n) is 4.30. The quantitative estimate of drug-likeness (QED) is 0.910. The molecule has 1 atom stereocenters. The Morgan fingerprint density at radius 3 is 3.00 bits per heavy atom. The Hall–Kier alpha value is -0.970. The fourth-order valence-electron chi connectivity index (χ4n) is 1.82. The molecule has 0 spiro atoms. The summed E-state index contributed by atoms with van der Waals surface area (Å²) in [5, 5.41) is 3.68. The number of nitrogens with one attached hydrogen (secondary N) is 1. The van der Waals surface area contributed by atoms with Crippen molar-refractivity contribution < 1.29 is 14.3 Å². The van der Waals surface area contributed by atoms with Crippen LogP contribution in [0, 0.1) is 0 Å². The molecule has 1 amide bonds. The minimum Gasteiger partial charge on any atom is -0.482 e. The number of amides is 1. The van der Waals surface area contributed by atoms with Crippen LogP contribution in [-0.2, 0) is 9.53 Å². The van der Waals surface area contributed by atoms with Crippen molar-refractivity contribution in [3.05, 3.63) is 28.2 Å². The highest BCUT2D eigenvalue weighted by atomic mass is 35.5. The number of halogens is 2. The zero-order chi connectivity index (χ0) is 13.7. The maximum atomic E-state index is 11.6. The number of rotatable bonds is 5. The van der Waals surface area contributed by atoms with Gasteiger partial charge in [0, 0.05) is 18.2 Å². The Balaban J connectivity index is 1.73. The van der Waals surface area contributed by atoms with Gasteiger partial charge in [0.25, 0.3) is 5.91 Å². The van der Waals surface area contributed by atoms with E-state index in [9.17, 15) is 4.79 Å². The van der Waals surface area contributed by atoms with Crippen LogP contribution < -0.4 is 10.1 Å². The van der Waals surface area contributed by atoms with Crippen LogP contribution in [0.1, 0.15) is 12.8 Å².